The number of ether oxygens (including phenoxy) is 3. The summed E-state index contributed by atoms with van der Waals surface area (Å²) in [4.78, 5) is 12.5. The van der Waals surface area contributed by atoms with Gasteiger partial charge in [0.05, 0.1) is 21.3 Å². The summed E-state index contributed by atoms with van der Waals surface area (Å²) in [6.45, 7) is 0. The van der Waals surface area contributed by atoms with E-state index in [0.29, 0.717) is 0 Å². The smallest absolute Gasteiger partial charge is 0.228 e. The molecule has 3 rings (SSSR count). The highest BCUT2D eigenvalue weighted by Gasteiger charge is 2.09. The van der Waals surface area contributed by atoms with Crippen LogP contribution in [-0.4, -0.2) is 27.2 Å². The fraction of sp³-hybridized carbons (Fsp3) is 0.160. The average Bonchev–Trinajstić information content (AvgIpc) is 2.80. The van der Waals surface area contributed by atoms with Gasteiger partial charge in [-0.15, -0.1) is 0 Å². The SMILES string of the molecule is COc1ccc(NC(=O)CC=C(c2cccc(OC)c2)c2cccc(OC)c2)cc1. The van der Waals surface area contributed by atoms with Crippen LogP contribution in [0, 0.1) is 0 Å². The number of hydrogen-bond donors (Lipinski definition) is 1. The van der Waals surface area contributed by atoms with Gasteiger partial charge in [0, 0.05) is 12.1 Å². The number of nitrogens with one attached hydrogen (secondary N) is 1. The molecule has 154 valence electrons. The van der Waals surface area contributed by atoms with Gasteiger partial charge in [-0.25, -0.2) is 0 Å². The van der Waals surface area contributed by atoms with Crippen molar-refractivity contribution in [2.75, 3.05) is 26.6 Å². The molecule has 0 atom stereocenters. The highest BCUT2D eigenvalue weighted by atomic mass is 16.5. The van der Waals surface area contributed by atoms with Gasteiger partial charge >= 0.3 is 0 Å². The van der Waals surface area contributed by atoms with E-state index >= 15 is 0 Å². The number of amides is 1. The highest BCUT2D eigenvalue weighted by molar-refractivity contribution is 5.93. The van der Waals surface area contributed by atoms with E-state index in [9.17, 15) is 4.79 Å². The zero-order chi connectivity index (χ0) is 21.3. The number of carbonyl (C=O) groups is 1. The molecule has 0 aliphatic carbocycles. The molecule has 0 heterocycles. The molecule has 0 aromatic heterocycles. The maximum atomic E-state index is 12.5. The number of methoxy groups -OCH3 is 3. The Hall–Kier alpha value is -3.73. The van der Waals surface area contributed by atoms with Crippen LogP contribution >= 0.6 is 0 Å². The van der Waals surface area contributed by atoms with Gasteiger partial charge in [0.2, 0.25) is 5.91 Å². The minimum absolute atomic E-state index is 0.108. The highest BCUT2D eigenvalue weighted by Crippen LogP contribution is 2.29. The van der Waals surface area contributed by atoms with Crippen molar-refractivity contribution in [1.82, 2.24) is 0 Å². The second-order valence-corrected chi connectivity index (χ2v) is 6.56. The quantitative estimate of drug-likeness (QED) is 0.564. The zero-order valence-electron chi connectivity index (χ0n) is 17.3. The molecule has 30 heavy (non-hydrogen) atoms. The lowest BCUT2D eigenvalue weighted by molar-refractivity contribution is -0.115. The molecule has 1 N–H and O–H groups in total. The Morgan fingerprint density at radius 1 is 0.767 bits per heavy atom. The van der Waals surface area contributed by atoms with Crippen LogP contribution < -0.4 is 19.5 Å². The molecule has 0 fully saturated rings. The van der Waals surface area contributed by atoms with Crippen molar-refractivity contribution >= 4 is 17.2 Å². The molecule has 0 spiro atoms. The summed E-state index contributed by atoms with van der Waals surface area (Å²) in [7, 11) is 4.88. The summed E-state index contributed by atoms with van der Waals surface area (Å²) >= 11 is 0. The summed E-state index contributed by atoms with van der Waals surface area (Å²) < 4.78 is 15.9. The molecular weight excluding hydrogens is 378 g/mol. The van der Waals surface area contributed by atoms with E-state index in [1.54, 1.807) is 21.3 Å². The summed E-state index contributed by atoms with van der Waals surface area (Å²) in [6.07, 6.45) is 2.14. The predicted molar refractivity (Wildman–Crippen MR) is 119 cm³/mol. The van der Waals surface area contributed by atoms with Crippen molar-refractivity contribution in [3.8, 4) is 17.2 Å². The van der Waals surface area contributed by atoms with Crippen LogP contribution in [0.3, 0.4) is 0 Å². The van der Waals surface area contributed by atoms with Crippen molar-refractivity contribution in [2.45, 2.75) is 6.42 Å². The van der Waals surface area contributed by atoms with Gasteiger partial charge < -0.3 is 19.5 Å². The minimum Gasteiger partial charge on any atom is -0.497 e. The second-order valence-electron chi connectivity index (χ2n) is 6.56. The van der Waals surface area contributed by atoms with Crippen LogP contribution in [0.15, 0.2) is 78.9 Å². The largest absolute Gasteiger partial charge is 0.497 e. The molecule has 3 aromatic rings. The fourth-order valence-electron chi connectivity index (χ4n) is 3.06. The third-order valence-electron chi connectivity index (χ3n) is 4.63. The Kier molecular flexibility index (Phi) is 7.11. The van der Waals surface area contributed by atoms with Crippen LogP contribution in [-0.2, 0) is 4.79 Å². The lowest BCUT2D eigenvalue weighted by Crippen LogP contribution is -2.10. The summed E-state index contributed by atoms with van der Waals surface area (Å²) in [6, 6.07) is 22.8. The third-order valence-corrected chi connectivity index (χ3v) is 4.63. The van der Waals surface area contributed by atoms with Gasteiger partial charge in [-0.05, 0) is 65.2 Å². The van der Waals surface area contributed by atoms with Gasteiger partial charge in [0.25, 0.3) is 0 Å². The molecule has 0 aliphatic rings. The topological polar surface area (TPSA) is 56.8 Å². The van der Waals surface area contributed by atoms with Crippen LogP contribution in [0.25, 0.3) is 5.57 Å². The molecule has 0 unspecified atom stereocenters. The first-order valence-electron chi connectivity index (χ1n) is 9.56. The molecular formula is C25H25NO4. The Bertz CT molecular complexity index is 976. The van der Waals surface area contributed by atoms with Crippen LogP contribution in [0.5, 0.6) is 17.2 Å². The number of anilines is 1. The first-order chi connectivity index (χ1) is 14.6. The van der Waals surface area contributed by atoms with Crippen LogP contribution in [0.1, 0.15) is 17.5 Å². The van der Waals surface area contributed by atoms with E-state index in [1.165, 1.54) is 0 Å². The number of benzene rings is 3. The molecule has 0 saturated heterocycles. The van der Waals surface area contributed by atoms with Crippen molar-refractivity contribution in [3.05, 3.63) is 90.0 Å². The van der Waals surface area contributed by atoms with Crippen molar-refractivity contribution in [2.24, 2.45) is 0 Å². The molecule has 5 heteroatoms. The monoisotopic (exact) mass is 403 g/mol. The Balaban J connectivity index is 1.86. The molecule has 0 radical (unpaired) electrons. The van der Waals surface area contributed by atoms with Gasteiger partial charge in [0.15, 0.2) is 0 Å². The van der Waals surface area contributed by atoms with E-state index in [4.69, 9.17) is 14.2 Å². The maximum absolute atomic E-state index is 12.5. The molecule has 0 bridgehead atoms. The fourth-order valence-corrected chi connectivity index (χ4v) is 3.06. The molecule has 5 nitrogen and oxygen atoms in total. The first-order valence-corrected chi connectivity index (χ1v) is 9.56. The van der Waals surface area contributed by atoms with Gasteiger partial charge in [-0.1, -0.05) is 30.3 Å². The molecule has 3 aromatic carbocycles. The second kappa shape index (κ2) is 10.2. The third kappa shape index (κ3) is 5.41. The van der Waals surface area contributed by atoms with Crippen molar-refractivity contribution in [1.29, 1.82) is 0 Å². The van der Waals surface area contributed by atoms with Gasteiger partial charge in [-0.2, -0.15) is 0 Å². The van der Waals surface area contributed by atoms with E-state index in [0.717, 1.165) is 39.6 Å². The number of hydrogen-bond acceptors (Lipinski definition) is 4. The van der Waals surface area contributed by atoms with Crippen molar-refractivity contribution in [3.63, 3.8) is 0 Å². The Labute approximate surface area is 176 Å². The van der Waals surface area contributed by atoms with E-state index in [-0.39, 0.29) is 12.3 Å². The average molecular weight is 403 g/mol. The van der Waals surface area contributed by atoms with Gasteiger partial charge in [0.1, 0.15) is 17.2 Å². The van der Waals surface area contributed by atoms with E-state index in [1.807, 2.05) is 78.9 Å². The molecule has 0 aliphatic heterocycles. The van der Waals surface area contributed by atoms with Gasteiger partial charge in [-0.3, -0.25) is 4.79 Å². The standard InChI is InChI=1S/C25H25NO4/c1-28-21-12-10-20(11-13-21)26-25(27)15-14-24(18-6-4-8-22(16-18)29-2)19-7-5-9-23(17-19)30-3/h4-14,16-17H,15H2,1-3H3,(H,26,27). The van der Waals surface area contributed by atoms with E-state index in [2.05, 4.69) is 5.32 Å². The molecule has 1 amide bonds. The lowest BCUT2D eigenvalue weighted by atomic mass is 9.96. The summed E-state index contributed by atoms with van der Waals surface area (Å²) in [5, 5.41) is 2.91. The maximum Gasteiger partial charge on any atom is 0.228 e. The van der Waals surface area contributed by atoms with Crippen LogP contribution in [0.2, 0.25) is 0 Å². The molecule has 0 saturated carbocycles. The number of rotatable bonds is 8. The summed E-state index contributed by atoms with van der Waals surface area (Å²) in [5.41, 5.74) is 3.57. The van der Waals surface area contributed by atoms with Crippen LogP contribution in [0.4, 0.5) is 5.69 Å². The normalized spacial score (nSPS) is 10.1. The van der Waals surface area contributed by atoms with Crippen molar-refractivity contribution < 1.29 is 19.0 Å². The first kappa shape index (κ1) is 21.0. The number of carbonyl (C=O) groups excluding carboxylic acids is 1. The predicted octanol–water partition coefficient (Wildman–Crippen LogP) is 5.17. The summed E-state index contributed by atoms with van der Waals surface area (Å²) in [5.74, 6) is 2.14. The Morgan fingerprint density at radius 3 is 1.80 bits per heavy atom. The zero-order valence-corrected chi connectivity index (χ0v) is 17.3. The lowest BCUT2D eigenvalue weighted by Gasteiger charge is -2.12. The Morgan fingerprint density at radius 2 is 1.30 bits per heavy atom. The minimum atomic E-state index is -0.108. The van der Waals surface area contributed by atoms with E-state index < -0.39 is 0 Å².